The van der Waals surface area contributed by atoms with Crippen LogP contribution in [-0.4, -0.2) is 55.7 Å². The van der Waals surface area contributed by atoms with E-state index < -0.39 is 5.60 Å². The van der Waals surface area contributed by atoms with Crippen molar-refractivity contribution in [3.63, 3.8) is 0 Å². The van der Waals surface area contributed by atoms with Crippen molar-refractivity contribution in [3.8, 4) is 5.75 Å². The molecule has 0 saturated carbocycles. The average Bonchev–Trinajstić information content (AvgIpc) is 3.28. The molecule has 1 saturated heterocycles. The van der Waals surface area contributed by atoms with E-state index in [-0.39, 0.29) is 11.7 Å². The number of fused-ring (bicyclic) bond motifs is 2. The first-order valence-electron chi connectivity index (χ1n) is 9.04. The van der Waals surface area contributed by atoms with Crippen LogP contribution in [0.4, 0.5) is 0 Å². The third-order valence-electron chi connectivity index (χ3n) is 5.65. The number of carbonyl (C=O) groups is 2. The zero-order valence-corrected chi connectivity index (χ0v) is 14.9. The molecule has 1 amide bonds. The van der Waals surface area contributed by atoms with E-state index in [2.05, 4.69) is 20.4 Å². The molecule has 8 nitrogen and oxygen atoms in total. The number of amides is 1. The minimum Gasteiger partial charge on any atom is -0.483 e. The molecule has 2 aliphatic rings. The molecular formula is C19H19N5O3. The van der Waals surface area contributed by atoms with Gasteiger partial charge in [-0.25, -0.2) is 0 Å². The maximum Gasteiger partial charge on any atom is 0.253 e. The Morgan fingerprint density at radius 2 is 2.07 bits per heavy atom. The number of rotatable bonds is 1. The van der Waals surface area contributed by atoms with Crippen molar-refractivity contribution < 1.29 is 14.3 Å². The highest BCUT2D eigenvalue weighted by Gasteiger charge is 2.44. The minimum atomic E-state index is -0.532. The van der Waals surface area contributed by atoms with Gasteiger partial charge < -0.3 is 9.64 Å². The predicted octanol–water partition coefficient (Wildman–Crippen LogP) is 2.23. The molecule has 1 spiro atoms. The third-order valence-corrected chi connectivity index (χ3v) is 5.65. The minimum absolute atomic E-state index is 0.00140. The second-order valence-electron chi connectivity index (χ2n) is 7.37. The summed E-state index contributed by atoms with van der Waals surface area (Å²) in [5, 5.41) is 14.7. The van der Waals surface area contributed by atoms with Crippen molar-refractivity contribution in [3.05, 3.63) is 41.3 Å². The molecule has 3 aromatic rings. The predicted molar refractivity (Wildman–Crippen MR) is 96.9 cm³/mol. The highest BCUT2D eigenvalue weighted by atomic mass is 16.5. The van der Waals surface area contributed by atoms with Crippen LogP contribution in [0.2, 0.25) is 0 Å². The highest BCUT2D eigenvalue weighted by Crippen LogP contribution is 2.38. The Labute approximate surface area is 154 Å². The summed E-state index contributed by atoms with van der Waals surface area (Å²) in [7, 11) is 0. The van der Waals surface area contributed by atoms with Gasteiger partial charge in [0.25, 0.3) is 5.91 Å². The number of hydrogen-bond donors (Lipinski definition) is 2. The summed E-state index contributed by atoms with van der Waals surface area (Å²) in [5.41, 5.74) is 2.37. The lowest BCUT2D eigenvalue weighted by molar-refractivity contribution is -0.00581. The molecule has 4 heterocycles. The maximum absolute atomic E-state index is 12.9. The number of nitrogens with zero attached hydrogens (tertiary/aromatic N) is 3. The first-order valence-corrected chi connectivity index (χ1v) is 9.04. The van der Waals surface area contributed by atoms with Crippen LogP contribution in [0.5, 0.6) is 5.75 Å². The molecule has 0 atom stereocenters. The third kappa shape index (κ3) is 2.51. The van der Waals surface area contributed by atoms with Gasteiger partial charge in [-0.1, -0.05) is 0 Å². The van der Waals surface area contributed by atoms with E-state index in [9.17, 15) is 9.59 Å². The average molecular weight is 365 g/mol. The van der Waals surface area contributed by atoms with Crippen molar-refractivity contribution >= 4 is 22.6 Å². The van der Waals surface area contributed by atoms with Crippen LogP contribution >= 0.6 is 0 Å². The monoisotopic (exact) mass is 365 g/mol. The molecule has 0 aliphatic carbocycles. The van der Waals surface area contributed by atoms with Gasteiger partial charge in [-0.3, -0.25) is 19.8 Å². The Morgan fingerprint density at radius 3 is 2.89 bits per heavy atom. The lowest BCUT2D eigenvalue weighted by Crippen LogP contribution is -2.52. The zero-order valence-electron chi connectivity index (χ0n) is 14.9. The number of aromatic nitrogens is 4. The second kappa shape index (κ2) is 5.67. The van der Waals surface area contributed by atoms with Crippen molar-refractivity contribution in [2.45, 2.75) is 31.8 Å². The molecule has 1 aromatic carbocycles. The van der Waals surface area contributed by atoms with Crippen LogP contribution in [0.15, 0.2) is 24.4 Å². The number of ketones is 1. The summed E-state index contributed by atoms with van der Waals surface area (Å²) >= 11 is 0. The maximum atomic E-state index is 12.9. The van der Waals surface area contributed by atoms with E-state index in [0.29, 0.717) is 49.4 Å². The van der Waals surface area contributed by atoms with Crippen molar-refractivity contribution in [1.29, 1.82) is 0 Å². The van der Waals surface area contributed by atoms with Crippen LogP contribution in [0.3, 0.4) is 0 Å². The lowest BCUT2D eigenvalue weighted by atomic mass is 9.83. The number of aryl methyl sites for hydroxylation is 1. The molecule has 2 aromatic heterocycles. The molecule has 0 radical (unpaired) electrons. The molecule has 138 valence electrons. The first-order chi connectivity index (χ1) is 13.0. The number of benzene rings is 1. The standard InChI is InChI=1S/C19H19N5O3/c1-11-13-8-12(2-3-14(13)22-21-11)18(26)24-6-4-19(5-7-24)9-15(25)17-16(27-19)10-20-23-17/h2-3,8,10H,4-7,9H2,1H3,(H,20,23)(H,21,22). The molecule has 1 fully saturated rings. The lowest BCUT2D eigenvalue weighted by Gasteiger charge is -2.43. The van der Waals surface area contributed by atoms with Gasteiger partial charge in [-0.15, -0.1) is 0 Å². The van der Waals surface area contributed by atoms with E-state index in [0.717, 1.165) is 16.6 Å². The van der Waals surface area contributed by atoms with Gasteiger partial charge in [0, 0.05) is 42.6 Å². The van der Waals surface area contributed by atoms with E-state index in [1.165, 1.54) is 0 Å². The van der Waals surface area contributed by atoms with Gasteiger partial charge in [-0.2, -0.15) is 10.2 Å². The molecular weight excluding hydrogens is 346 g/mol. The van der Waals surface area contributed by atoms with E-state index in [4.69, 9.17) is 4.74 Å². The molecule has 8 heteroatoms. The number of carbonyl (C=O) groups excluding carboxylic acids is 2. The van der Waals surface area contributed by atoms with Gasteiger partial charge in [0.1, 0.15) is 11.3 Å². The van der Waals surface area contributed by atoms with Crippen molar-refractivity contribution in [1.82, 2.24) is 25.3 Å². The number of H-pyrrole nitrogens is 2. The number of ether oxygens (including phenoxy) is 1. The van der Waals surface area contributed by atoms with Gasteiger partial charge in [0.2, 0.25) is 0 Å². The summed E-state index contributed by atoms with van der Waals surface area (Å²) in [4.78, 5) is 27.1. The molecule has 2 aliphatic heterocycles. The van der Waals surface area contributed by atoms with Gasteiger partial charge in [-0.05, 0) is 25.1 Å². The van der Waals surface area contributed by atoms with Crippen molar-refractivity contribution in [2.75, 3.05) is 13.1 Å². The second-order valence-corrected chi connectivity index (χ2v) is 7.37. The normalized spacial score (nSPS) is 18.6. The van der Waals surface area contributed by atoms with Crippen LogP contribution < -0.4 is 4.74 Å². The Hall–Kier alpha value is -3.16. The van der Waals surface area contributed by atoms with Crippen LogP contribution in [-0.2, 0) is 0 Å². The largest absolute Gasteiger partial charge is 0.483 e. The summed E-state index contributed by atoms with van der Waals surface area (Å²) in [6.07, 6.45) is 3.13. The van der Waals surface area contributed by atoms with Crippen LogP contribution in [0, 0.1) is 6.92 Å². The van der Waals surface area contributed by atoms with Gasteiger partial charge in [0.05, 0.1) is 18.1 Å². The Morgan fingerprint density at radius 1 is 1.26 bits per heavy atom. The smallest absolute Gasteiger partial charge is 0.253 e. The van der Waals surface area contributed by atoms with E-state index >= 15 is 0 Å². The molecule has 27 heavy (non-hydrogen) atoms. The SMILES string of the molecule is Cc1[nH]nc2ccc(C(=O)N3CCC4(CC3)CC(=O)c3[nH]ncc3O4)cc12. The van der Waals surface area contributed by atoms with Crippen LogP contribution in [0.25, 0.3) is 10.9 Å². The highest BCUT2D eigenvalue weighted by molar-refractivity contribution is 5.99. The van der Waals surface area contributed by atoms with E-state index in [1.807, 2.05) is 30.0 Å². The Balaban J connectivity index is 1.33. The number of nitrogens with one attached hydrogen (secondary N) is 2. The van der Waals surface area contributed by atoms with Gasteiger partial charge >= 0.3 is 0 Å². The number of aromatic amines is 2. The summed E-state index contributed by atoms with van der Waals surface area (Å²) < 4.78 is 6.10. The zero-order chi connectivity index (χ0) is 18.6. The Kier molecular flexibility index (Phi) is 3.37. The fraction of sp³-hybridized carbons (Fsp3) is 0.368. The summed E-state index contributed by atoms with van der Waals surface area (Å²) in [6.45, 7) is 3.05. The number of piperidine rings is 1. The molecule has 0 bridgehead atoms. The number of Topliss-reactive ketones (excluding diaryl/α,β-unsaturated/α-hetero) is 1. The summed E-state index contributed by atoms with van der Waals surface area (Å²) in [6, 6.07) is 5.56. The van der Waals surface area contributed by atoms with Crippen LogP contribution in [0.1, 0.15) is 45.8 Å². The quantitative estimate of drug-likeness (QED) is 0.688. The number of likely N-dealkylation sites (tertiary alicyclic amines) is 1. The van der Waals surface area contributed by atoms with E-state index in [1.54, 1.807) is 6.20 Å². The van der Waals surface area contributed by atoms with Gasteiger partial charge in [0.15, 0.2) is 11.5 Å². The molecule has 5 rings (SSSR count). The summed E-state index contributed by atoms with van der Waals surface area (Å²) in [5.74, 6) is 0.541. The fourth-order valence-electron chi connectivity index (χ4n) is 4.05. The molecule has 0 unspecified atom stereocenters. The number of hydrogen-bond acceptors (Lipinski definition) is 5. The molecule has 2 N–H and O–H groups in total. The fourth-order valence-corrected chi connectivity index (χ4v) is 4.05. The topological polar surface area (TPSA) is 104 Å². The first kappa shape index (κ1) is 16.0. The Bertz CT molecular complexity index is 1060. The van der Waals surface area contributed by atoms with Crippen molar-refractivity contribution in [2.24, 2.45) is 0 Å².